The van der Waals surface area contributed by atoms with E-state index >= 15 is 0 Å². The molecule has 2 heteroatoms. The number of hydrogen-bond acceptors (Lipinski definition) is 1. The summed E-state index contributed by atoms with van der Waals surface area (Å²) in [5.74, 6) is 0. The average Bonchev–Trinajstić information content (AvgIpc) is 2.00. The molecular formula is C13H26NO. The van der Waals surface area contributed by atoms with Gasteiger partial charge in [-0.3, -0.25) is 4.79 Å². The molecule has 0 atom stereocenters. The van der Waals surface area contributed by atoms with E-state index in [2.05, 4.69) is 41.5 Å². The Bertz CT molecular complexity index is 168. The molecule has 1 amide bonds. The third-order valence-corrected chi connectivity index (χ3v) is 2.39. The van der Waals surface area contributed by atoms with Crippen molar-refractivity contribution in [1.82, 2.24) is 4.90 Å². The van der Waals surface area contributed by atoms with Crippen LogP contribution < -0.4 is 0 Å². The summed E-state index contributed by atoms with van der Waals surface area (Å²) in [7, 11) is 0. The van der Waals surface area contributed by atoms with Crippen molar-refractivity contribution in [1.29, 1.82) is 0 Å². The fourth-order valence-electron chi connectivity index (χ4n) is 1.14. The van der Waals surface area contributed by atoms with Crippen LogP contribution in [0.15, 0.2) is 0 Å². The standard InChI is InChI=1S/C13H26NO/c1-12(2,3)7-9-14(11-15)10-8-13(4,5)6/h7-10H2,1-6H3. The van der Waals surface area contributed by atoms with Crippen LogP contribution in [-0.2, 0) is 4.79 Å². The Kier molecular flexibility index (Phi) is 5.33. The lowest BCUT2D eigenvalue weighted by molar-refractivity contribution is 0.261. The third-order valence-electron chi connectivity index (χ3n) is 2.39. The molecule has 15 heavy (non-hydrogen) atoms. The minimum absolute atomic E-state index is 0.289. The van der Waals surface area contributed by atoms with Gasteiger partial charge < -0.3 is 4.90 Å². The van der Waals surface area contributed by atoms with E-state index in [1.807, 2.05) is 6.41 Å². The first-order valence-electron chi connectivity index (χ1n) is 5.77. The maximum absolute atomic E-state index is 10.7. The summed E-state index contributed by atoms with van der Waals surface area (Å²) in [6, 6.07) is 0. The lowest BCUT2D eigenvalue weighted by atomic mass is 9.91. The van der Waals surface area contributed by atoms with E-state index in [4.69, 9.17) is 0 Å². The molecule has 0 saturated carbocycles. The molecule has 0 bridgehead atoms. The molecule has 0 heterocycles. The molecule has 0 rings (SSSR count). The molecule has 0 aliphatic rings. The molecule has 0 aliphatic carbocycles. The molecule has 89 valence electrons. The zero-order valence-corrected chi connectivity index (χ0v) is 11.2. The fourth-order valence-corrected chi connectivity index (χ4v) is 1.14. The summed E-state index contributed by atoms with van der Waals surface area (Å²) < 4.78 is 0. The highest BCUT2D eigenvalue weighted by molar-refractivity contribution is 5.47. The Morgan fingerprint density at radius 3 is 1.40 bits per heavy atom. The van der Waals surface area contributed by atoms with Gasteiger partial charge in [-0.05, 0) is 23.7 Å². The first-order chi connectivity index (χ1) is 6.64. The van der Waals surface area contributed by atoms with Crippen molar-refractivity contribution in [2.45, 2.75) is 54.4 Å². The van der Waals surface area contributed by atoms with E-state index in [0.29, 0.717) is 0 Å². The first kappa shape index (κ1) is 14.5. The molecule has 0 aliphatic heterocycles. The summed E-state index contributed by atoms with van der Waals surface area (Å²) in [4.78, 5) is 12.5. The topological polar surface area (TPSA) is 20.3 Å². The van der Waals surface area contributed by atoms with Gasteiger partial charge in [0.2, 0.25) is 0 Å². The van der Waals surface area contributed by atoms with Crippen molar-refractivity contribution >= 4 is 6.41 Å². The largest absolute Gasteiger partial charge is 0.334 e. The van der Waals surface area contributed by atoms with Gasteiger partial charge in [0.05, 0.1) is 0 Å². The van der Waals surface area contributed by atoms with Crippen LogP contribution in [0.2, 0.25) is 0 Å². The molecule has 1 radical (unpaired) electrons. The maximum atomic E-state index is 10.7. The van der Waals surface area contributed by atoms with Gasteiger partial charge in [0.1, 0.15) is 0 Å². The van der Waals surface area contributed by atoms with Crippen LogP contribution in [0.5, 0.6) is 0 Å². The van der Waals surface area contributed by atoms with Crippen LogP contribution in [0.3, 0.4) is 0 Å². The number of rotatable bonds is 5. The van der Waals surface area contributed by atoms with Gasteiger partial charge in [0, 0.05) is 13.1 Å². The maximum Gasteiger partial charge on any atom is 0.312 e. The van der Waals surface area contributed by atoms with Crippen LogP contribution in [-0.4, -0.2) is 24.4 Å². The number of nitrogens with zero attached hydrogens (tertiary/aromatic N) is 1. The molecule has 0 saturated heterocycles. The van der Waals surface area contributed by atoms with Gasteiger partial charge in [-0.2, -0.15) is 0 Å². The van der Waals surface area contributed by atoms with E-state index in [1.165, 1.54) is 0 Å². The summed E-state index contributed by atoms with van der Waals surface area (Å²) in [6.45, 7) is 14.8. The fraction of sp³-hybridized carbons (Fsp3) is 0.923. The van der Waals surface area contributed by atoms with Crippen molar-refractivity contribution in [3.05, 3.63) is 0 Å². The smallest absolute Gasteiger partial charge is 0.312 e. The molecule has 0 aromatic heterocycles. The number of amides is 1. The predicted molar refractivity (Wildman–Crippen MR) is 65.4 cm³/mol. The molecule has 0 fully saturated rings. The zero-order chi connectivity index (χ0) is 12.1. The Morgan fingerprint density at radius 2 is 1.20 bits per heavy atom. The summed E-state index contributed by atoms with van der Waals surface area (Å²) in [6.07, 6.45) is 4.10. The molecule has 0 unspecified atom stereocenters. The second kappa shape index (κ2) is 5.53. The number of carbonyl (C=O) groups excluding carboxylic acids is 1. The summed E-state index contributed by atoms with van der Waals surface area (Å²) >= 11 is 0. The zero-order valence-electron chi connectivity index (χ0n) is 11.2. The minimum Gasteiger partial charge on any atom is -0.334 e. The summed E-state index contributed by atoms with van der Waals surface area (Å²) in [5.41, 5.74) is 0.577. The van der Waals surface area contributed by atoms with Crippen LogP contribution in [0.25, 0.3) is 0 Å². The van der Waals surface area contributed by atoms with Crippen LogP contribution in [0.4, 0.5) is 0 Å². The van der Waals surface area contributed by atoms with Crippen molar-refractivity contribution < 1.29 is 4.79 Å². The van der Waals surface area contributed by atoms with E-state index in [0.717, 1.165) is 25.9 Å². The monoisotopic (exact) mass is 212 g/mol. The van der Waals surface area contributed by atoms with Gasteiger partial charge in [-0.1, -0.05) is 41.5 Å². The lowest BCUT2D eigenvalue weighted by Gasteiger charge is -2.26. The lowest BCUT2D eigenvalue weighted by Crippen LogP contribution is -2.29. The van der Waals surface area contributed by atoms with Crippen LogP contribution >= 0.6 is 0 Å². The molecule has 0 spiro atoms. The molecule has 0 aromatic rings. The Labute approximate surface area is 95.0 Å². The third kappa shape index (κ3) is 9.77. The van der Waals surface area contributed by atoms with Gasteiger partial charge in [0.25, 0.3) is 0 Å². The van der Waals surface area contributed by atoms with E-state index in [9.17, 15) is 4.79 Å². The predicted octanol–water partition coefficient (Wildman–Crippen LogP) is 3.23. The van der Waals surface area contributed by atoms with E-state index in [-0.39, 0.29) is 10.8 Å². The van der Waals surface area contributed by atoms with Gasteiger partial charge in [-0.15, -0.1) is 0 Å². The molecular weight excluding hydrogens is 186 g/mol. The van der Waals surface area contributed by atoms with E-state index < -0.39 is 0 Å². The summed E-state index contributed by atoms with van der Waals surface area (Å²) in [5, 5.41) is 0. The number of hydrogen-bond donors (Lipinski definition) is 0. The van der Waals surface area contributed by atoms with Crippen molar-refractivity contribution in [3.8, 4) is 0 Å². The molecule has 0 N–H and O–H groups in total. The van der Waals surface area contributed by atoms with Crippen molar-refractivity contribution in [2.75, 3.05) is 13.1 Å². The minimum atomic E-state index is 0.289. The highest BCUT2D eigenvalue weighted by Crippen LogP contribution is 2.21. The normalized spacial score (nSPS) is 12.7. The Hall–Kier alpha value is -0.530. The average molecular weight is 212 g/mol. The highest BCUT2D eigenvalue weighted by Gasteiger charge is 2.15. The van der Waals surface area contributed by atoms with Crippen LogP contribution in [0.1, 0.15) is 54.4 Å². The van der Waals surface area contributed by atoms with Gasteiger partial charge >= 0.3 is 6.41 Å². The Balaban J connectivity index is 3.89. The van der Waals surface area contributed by atoms with Crippen molar-refractivity contribution in [2.24, 2.45) is 10.8 Å². The van der Waals surface area contributed by atoms with Crippen molar-refractivity contribution in [3.63, 3.8) is 0 Å². The molecule has 2 nitrogen and oxygen atoms in total. The van der Waals surface area contributed by atoms with Gasteiger partial charge in [-0.25, -0.2) is 0 Å². The van der Waals surface area contributed by atoms with Gasteiger partial charge in [0.15, 0.2) is 0 Å². The SMILES string of the molecule is CC(C)(C)CCN([C]=O)CCC(C)(C)C. The van der Waals surface area contributed by atoms with Crippen LogP contribution in [0, 0.1) is 10.8 Å². The second-order valence-corrected chi connectivity index (χ2v) is 6.70. The quantitative estimate of drug-likeness (QED) is 0.641. The van der Waals surface area contributed by atoms with E-state index in [1.54, 1.807) is 4.90 Å². The molecule has 0 aromatic carbocycles. The second-order valence-electron chi connectivity index (χ2n) is 6.70. The Morgan fingerprint density at radius 1 is 0.867 bits per heavy atom. The first-order valence-corrected chi connectivity index (χ1v) is 5.77. The highest BCUT2D eigenvalue weighted by atomic mass is 16.1.